The second-order valence-electron chi connectivity index (χ2n) is 10.5. The highest BCUT2D eigenvalue weighted by Gasteiger charge is 2.34. The third kappa shape index (κ3) is 7.50. The van der Waals surface area contributed by atoms with Gasteiger partial charge in [-0.1, -0.05) is 31.0 Å². The number of hydroxylamine groups is 1. The Kier molecular flexibility index (Phi) is 9.45. The molecule has 12 heteroatoms. The van der Waals surface area contributed by atoms with Gasteiger partial charge in [-0.05, 0) is 78.5 Å². The number of carbonyl (C=O) groups is 1. The van der Waals surface area contributed by atoms with Crippen LogP contribution in [0.3, 0.4) is 0 Å². The number of aliphatic hydroxyl groups is 1. The maximum absolute atomic E-state index is 13.6. The number of sulfonamides is 1. The molecule has 224 valence electrons. The van der Waals surface area contributed by atoms with Gasteiger partial charge in [0.1, 0.15) is 12.4 Å². The predicted octanol–water partition coefficient (Wildman–Crippen LogP) is 4.20. The number of hydrogen-bond acceptors (Lipinski definition) is 9. The molecule has 5 rings (SSSR count). The number of aliphatic hydroxyl groups excluding tert-OH is 1. The lowest BCUT2D eigenvalue weighted by Crippen LogP contribution is -2.47. The van der Waals surface area contributed by atoms with E-state index in [0.717, 1.165) is 41.4 Å². The molecular weight excluding hydrogens is 562 g/mol. The maximum atomic E-state index is 13.6. The first kappa shape index (κ1) is 29.6. The molecule has 1 aromatic heterocycles. The molecule has 2 atom stereocenters. The van der Waals surface area contributed by atoms with Crippen molar-refractivity contribution in [3.05, 3.63) is 78.1 Å². The van der Waals surface area contributed by atoms with Gasteiger partial charge in [-0.25, -0.2) is 13.2 Å². The molecule has 2 N–H and O–H groups in total. The zero-order valence-electron chi connectivity index (χ0n) is 23.3. The van der Waals surface area contributed by atoms with Crippen LogP contribution < -0.4 is 19.5 Å². The Bertz CT molecular complexity index is 1450. The van der Waals surface area contributed by atoms with Gasteiger partial charge in [0.2, 0.25) is 6.79 Å². The van der Waals surface area contributed by atoms with Gasteiger partial charge < -0.3 is 29.5 Å². The van der Waals surface area contributed by atoms with Crippen LogP contribution in [0.1, 0.15) is 43.9 Å². The lowest BCUT2D eigenvalue weighted by atomic mass is 10.0. The molecule has 2 unspecified atom stereocenters. The van der Waals surface area contributed by atoms with E-state index in [-0.39, 0.29) is 30.6 Å². The van der Waals surface area contributed by atoms with Crippen molar-refractivity contribution in [3.63, 3.8) is 0 Å². The first-order valence-electron chi connectivity index (χ1n) is 14.0. The van der Waals surface area contributed by atoms with E-state index in [2.05, 4.69) is 10.3 Å². The highest BCUT2D eigenvalue weighted by atomic mass is 32.2. The summed E-state index contributed by atoms with van der Waals surface area (Å²) in [7, 11) is -4.22. The molecule has 0 bridgehead atoms. The number of fused-ring (bicyclic) bond motifs is 1. The first-order valence-corrected chi connectivity index (χ1v) is 15.4. The van der Waals surface area contributed by atoms with Crippen molar-refractivity contribution >= 4 is 16.1 Å². The molecule has 2 aromatic carbocycles. The number of benzene rings is 2. The van der Waals surface area contributed by atoms with Gasteiger partial charge in [0.05, 0.1) is 29.3 Å². The number of ether oxygens (including phenoxy) is 3. The van der Waals surface area contributed by atoms with E-state index >= 15 is 0 Å². The molecule has 1 fully saturated rings. The minimum atomic E-state index is -4.22. The van der Waals surface area contributed by atoms with Gasteiger partial charge in [-0.15, -0.1) is 0 Å². The summed E-state index contributed by atoms with van der Waals surface area (Å²) in [5.74, 6) is 1.47. The number of amides is 1. The Morgan fingerprint density at radius 2 is 1.86 bits per heavy atom. The molecule has 0 saturated heterocycles. The van der Waals surface area contributed by atoms with Crippen LogP contribution >= 0.6 is 0 Å². The summed E-state index contributed by atoms with van der Waals surface area (Å²) in [5.41, 5.74) is 1.64. The number of rotatable bonds is 12. The molecule has 0 radical (unpaired) electrons. The van der Waals surface area contributed by atoms with Crippen LogP contribution in [0.25, 0.3) is 0 Å². The second-order valence-corrected chi connectivity index (χ2v) is 12.3. The monoisotopic (exact) mass is 597 g/mol. The molecule has 3 aromatic rings. The quantitative estimate of drug-likeness (QED) is 0.294. The third-order valence-corrected chi connectivity index (χ3v) is 8.96. The van der Waals surface area contributed by atoms with Crippen molar-refractivity contribution in [3.8, 4) is 17.2 Å². The van der Waals surface area contributed by atoms with E-state index < -0.39 is 28.3 Å². The normalized spacial score (nSPS) is 16.3. The fourth-order valence-electron chi connectivity index (χ4n) is 4.97. The van der Waals surface area contributed by atoms with Crippen LogP contribution in [0, 0.1) is 5.92 Å². The van der Waals surface area contributed by atoms with Gasteiger partial charge in [0.15, 0.2) is 11.5 Å². The molecule has 42 heavy (non-hydrogen) atoms. The Morgan fingerprint density at radius 1 is 1.10 bits per heavy atom. The third-order valence-electron chi connectivity index (χ3n) is 7.35. The molecule has 1 aliphatic carbocycles. The first-order chi connectivity index (χ1) is 20.3. The zero-order chi connectivity index (χ0) is 29.5. The topological polar surface area (TPSA) is 137 Å². The van der Waals surface area contributed by atoms with Crippen molar-refractivity contribution in [1.29, 1.82) is 0 Å². The number of aromatic nitrogens is 1. The van der Waals surface area contributed by atoms with Crippen LogP contribution in [0.5, 0.6) is 17.2 Å². The summed E-state index contributed by atoms with van der Waals surface area (Å²) < 4.78 is 44.4. The number of nitrogens with zero attached hydrogens (tertiary/aromatic N) is 2. The average molecular weight is 598 g/mol. The van der Waals surface area contributed by atoms with Gasteiger partial charge >= 0.3 is 6.09 Å². The summed E-state index contributed by atoms with van der Waals surface area (Å²) in [6.45, 7) is 1.92. The predicted molar refractivity (Wildman–Crippen MR) is 152 cm³/mol. The van der Waals surface area contributed by atoms with Crippen molar-refractivity contribution < 1.29 is 37.4 Å². The average Bonchev–Trinajstić information content (AvgIpc) is 3.68. The largest absolute Gasteiger partial charge is 0.487 e. The molecule has 0 spiro atoms. The van der Waals surface area contributed by atoms with Crippen LogP contribution in [-0.4, -0.2) is 54.6 Å². The second kappa shape index (κ2) is 13.4. The Hall–Kier alpha value is -3.87. The Morgan fingerprint density at radius 3 is 2.57 bits per heavy atom. The Labute approximate surface area is 245 Å². The smallest absolute Gasteiger partial charge is 0.427 e. The van der Waals surface area contributed by atoms with E-state index in [9.17, 15) is 18.3 Å². The van der Waals surface area contributed by atoms with Crippen molar-refractivity contribution in [2.24, 2.45) is 5.92 Å². The SMILES string of the molecule is CC(O)C(Cc1ccc(OCc2ccccn2)cc1)NC(=O)ON(CC1CCCC1)S(=O)(=O)c1ccc2c(c1)OCO2. The van der Waals surface area contributed by atoms with Crippen LogP contribution in [0.2, 0.25) is 0 Å². The minimum Gasteiger partial charge on any atom is -0.487 e. The maximum Gasteiger partial charge on any atom is 0.427 e. The van der Waals surface area contributed by atoms with Crippen LogP contribution in [0.4, 0.5) is 4.79 Å². The highest BCUT2D eigenvalue weighted by molar-refractivity contribution is 7.89. The van der Waals surface area contributed by atoms with Crippen molar-refractivity contribution in [1.82, 2.24) is 14.8 Å². The summed E-state index contributed by atoms with van der Waals surface area (Å²) in [5, 5.41) is 13.1. The van der Waals surface area contributed by atoms with Crippen LogP contribution in [-0.2, 0) is 27.9 Å². The lowest BCUT2D eigenvalue weighted by Gasteiger charge is -2.26. The number of pyridine rings is 1. The summed E-state index contributed by atoms with van der Waals surface area (Å²) in [6.07, 6.45) is 3.75. The minimum absolute atomic E-state index is 0.00514. The van der Waals surface area contributed by atoms with E-state index in [1.54, 1.807) is 25.3 Å². The molecule has 2 aliphatic rings. The number of carbonyl (C=O) groups excluding carboxylic acids is 1. The molecular formula is C30H35N3O8S. The molecule has 1 amide bonds. The van der Waals surface area contributed by atoms with Gasteiger partial charge in [-0.2, -0.15) is 0 Å². The standard InChI is InChI=1S/C30H35N3O8S/c1-21(34)27(16-22-9-11-25(12-10-22)38-19-24-8-4-5-15-31-24)32-30(35)41-33(18-23-6-2-3-7-23)42(36,37)26-13-14-28-29(17-26)40-20-39-28/h4-5,8-15,17,21,23,27,34H,2-3,6-7,16,18-20H2,1H3,(H,32,35). The summed E-state index contributed by atoms with van der Waals surface area (Å²) in [4.78, 5) is 22.7. The van der Waals surface area contributed by atoms with Gasteiger partial charge in [0, 0.05) is 12.3 Å². The zero-order valence-corrected chi connectivity index (χ0v) is 24.2. The summed E-state index contributed by atoms with van der Waals surface area (Å²) in [6, 6.07) is 16.4. The van der Waals surface area contributed by atoms with E-state index in [1.165, 1.54) is 18.2 Å². The van der Waals surface area contributed by atoms with E-state index in [1.807, 2.05) is 30.3 Å². The van der Waals surface area contributed by atoms with Gasteiger partial charge in [0.25, 0.3) is 10.0 Å². The fourth-order valence-corrected chi connectivity index (χ4v) is 6.28. The molecule has 1 aliphatic heterocycles. The highest BCUT2D eigenvalue weighted by Crippen LogP contribution is 2.35. The van der Waals surface area contributed by atoms with Crippen molar-refractivity contribution in [2.45, 2.75) is 62.7 Å². The lowest BCUT2D eigenvalue weighted by molar-refractivity contribution is -0.0345. The van der Waals surface area contributed by atoms with Crippen LogP contribution in [0.15, 0.2) is 71.8 Å². The number of hydrogen-bond donors (Lipinski definition) is 2. The van der Waals surface area contributed by atoms with E-state index in [0.29, 0.717) is 23.9 Å². The fraction of sp³-hybridized carbons (Fsp3) is 0.400. The Balaban J connectivity index is 1.23. The van der Waals surface area contributed by atoms with Crippen molar-refractivity contribution in [2.75, 3.05) is 13.3 Å². The number of nitrogens with one attached hydrogen (secondary N) is 1. The van der Waals surface area contributed by atoms with E-state index in [4.69, 9.17) is 19.0 Å². The molecule has 11 nitrogen and oxygen atoms in total. The molecule has 2 heterocycles. The summed E-state index contributed by atoms with van der Waals surface area (Å²) >= 11 is 0. The molecule has 1 saturated carbocycles. The van der Waals surface area contributed by atoms with Gasteiger partial charge in [-0.3, -0.25) is 4.98 Å².